The number of aliphatic carboxylic acids is 1. The van der Waals surface area contributed by atoms with E-state index in [-0.39, 0.29) is 11.8 Å². The van der Waals surface area contributed by atoms with Crippen molar-refractivity contribution in [3.8, 4) is 0 Å². The first kappa shape index (κ1) is 11.3. The Kier molecular flexibility index (Phi) is 2.44. The number of benzene rings is 1. The number of fused-ring (bicyclic) bond motifs is 3. The number of aryl methyl sites for hydroxylation is 1. The normalized spacial score (nSPS) is 28.4. The number of carboxylic acids is 1. The molecule has 0 bridgehead atoms. The Labute approximate surface area is 107 Å². The van der Waals surface area contributed by atoms with Crippen molar-refractivity contribution in [2.45, 2.75) is 32.2 Å². The van der Waals surface area contributed by atoms with Gasteiger partial charge >= 0.3 is 5.97 Å². The van der Waals surface area contributed by atoms with Gasteiger partial charge in [-0.2, -0.15) is 0 Å². The SMILES string of the molecule is Cc1ccc2c(c1C)N[C@H](C(=O)O)[C@H]1CC=C[C@H]21. The topological polar surface area (TPSA) is 49.3 Å². The van der Waals surface area contributed by atoms with Gasteiger partial charge < -0.3 is 10.4 Å². The van der Waals surface area contributed by atoms with Crippen LogP contribution in [0.1, 0.15) is 29.0 Å². The van der Waals surface area contributed by atoms with E-state index in [2.05, 4.69) is 43.4 Å². The second-order valence-electron chi connectivity index (χ2n) is 5.29. The molecule has 0 unspecified atom stereocenters. The van der Waals surface area contributed by atoms with E-state index in [4.69, 9.17) is 0 Å². The van der Waals surface area contributed by atoms with E-state index >= 15 is 0 Å². The van der Waals surface area contributed by atoms with Gasteiger partial charge in [0.15, 0.2) is 0 Å². The van der Waals surface area contributed by atoms with Crippen LogP contribution in [0.4, 0.5) is 5.69 Å². The van der Waals surface area contributed by atoms with E-state index in [0.717, 1.165) is 17.7 Å². The monoisotopic (exact) mass is 243 g/mol. The summed E-state index contributed by atoms with van der Waals surface area (Å²) in [5.41, 5.74) is 4.63. The summed E-state index contributed by atoms with van der Waals surface area (Å²) in [6.45, 7) is 4.11. The minimum Gasteiger partial charge on any atom is -0.480 e. The molecule has 1 aliphatic carbocycles. The molecule has 2 aliphatic rings. The number of hydrogen-bond acceptors (Lipinski definition) is 2. The fourth-order valence-electron chi connectivity index (χ4n) is 3.16. The second-order valence-corrected chi connectivity index (χ2v) is 5.29. The molecule has 1 aliphatic heterocycles. The van der Waals surface area contributed by atoms with E-state index < -0.39 is 12.0 Å². The highest BCUT2D eigenvalue weighted by Crippen LogP contribution is 2.46. The fourth-order valence-corrected chi connectivity index (χ4v) is 3.16. The Morgan fingerprint density at radius 1 is 1.39 bits per heavy atom. The number of anilines is 1. The van der Waals surface area contributed by atoms with Crippen LogP contribution in [0.25, 0.3) is 0 Å². The Morgan fingerprint density at radius 2 is 2.17 bits per heavy atom. The molecule has 1 heterocycles. The molecule has 0 radical (unpaired) electrons. The molecule has 0 saturated carbocycles. The van der Waals surface area contributed by atoms with Crippen molar-refractivity contribution < 1.29 is 9.90 Å². The first-order chi connectivity index (χ1) is 8.59. The standard InChI is InChI=1S/C15H17NO2/c1-8-6-7-12-10-4-3-5-11(10)14(15(17)18)16-13(12)9(8)2/h3-4,6-7,10-11,14,16H,5H2,1-2H3,(H,17,18)/t10-,11-,14-/m0/s1. The number of allylic oxidation sites excluding steroid dienone is 2. The van der Waals surface area contributed by atoms with Crippen molar-refractivity contribution in [1.29, 1.82) is 0 Å². The quantitative estimate of drug-likeness (QED) is 0.746. The molecular weight excluding hydrogens is 226 g/mol. The number of rotatable bonds is 1. The molecule has 0 saturated heterocycles. The zero-order valence-electron chi connectivity index (χ0n) is 10.6. The number of nitrogens with one attached hydrogen (secondary N) is 1. The van der Waals surface area contributed by atoms with Gasteiger partial charge in [-0.1, -0.05) is 24.3 Å². The van der Waals surface area contributed by atoms with Crippen molar-refractivity contribution in [3.63, 3.8) is 0 Å². The van der Waals surface area contributed by atoms with Gasteiger partial charge in [-0.15, -0.1) is 0 Å². The third kappa shape index (κ3) is 1.47. The lowest BCUT2D eigenvalue weighted by molar-refractivity contribution is -0.139. The summed E-state index contributed by atoms with van der Waals surface area (Å²) in [4.78, 5) is 11.4. The van der Waals surface area contributed by atoms with Gasteiger partial charge in [-0.05, 0) is 37.0 Å². The van der Waals surface area contributed by atoms with E-state index in [1.807, 2.05) is 0 Å². The summed E-state index contributed by atoms with van der Waals surface area (Å²) in [6.07, 6.45) is 5.12. The first-order valence-corrected chi connectivity index (χ1v) is 6.35. The second kappa shape index (κ2) is 3.87. The van der Waals surface area contributed by atoms with Crippen molar-refractivity contribution in [3.05, 3.63) is 41.0 Å². The molecule has 3 heteroatoms. The lowest BCUT2D eigenvalue weighted by Gasteiger charge is -2.36. The maximum Gasteiger partial charge on any atom is 0.326 e. The lowest BCUT2D eigenvalue weighted by atomic mass is 9.78. The number of hydrogen-bond donors (Lipinski definition) is 2. The molecule has 0 aromatic heterocycles. The largest absolute Gasteiger partial charge is 0.480 e. The van der Waals surface area contributed by atoms with Crippen LogP contribution in [0.15, 0.2) is 24.3 Å². The zero-order chi connectivity index (χ0) is 12.9. The summed E-state index contributed by atoms with van der Waals surface area (Å²) in [5, 5.41) is 12.6. The molecule has 1 aromatic carbocycles. The van der Waals surface area contributed by atoms with Gasteiger partial charge in [0, 0.05) is 17.5 Å². The highest BCUT2D eigenvalue weighted by atomic mass is 16.4. The summed E-state index contributed by atoms with van der Waals surface area (Å²) in [6, 6.07) is 3.79. The zero-order valence-corrected chi connectivity index (χ0v) is 10.6. The van der Waals surface area contributed by atoms with Crippen molar-refractivity contribution >= 4 is 11.7 Å². The van der Waals surface area contributed by atoms with E-state index in [0.29, 0.717) is 0 Å². The van der Waals surface area contributed by atoms with Crippen molar-refractivity contribution in [2.75, 3.05) is 5.32 Å². The molecule has 18 heavy (non-hydrogen) atoms. The van der Waals surface area contributed by atoms with Crippen LogP contribution < -0.4 is 5.32 Å². The van der Waals surface area contributed by atoms with Gasteiger partial charge in [0.05, 0.1) is 0 Å². The Hall–Kier alpha value is -1.77. The minimum atomic E-state index is -0.750. The van der Waals surface area contributed by atoms with Gasteiger partial charge in [0.2, 0.25) is 0 Å². The van der Waals surface area contributed by atoms with Crippen molar-refractivity contribution in [1.82, 2.24) is 0 Å². The van der Waals surface area contributed by atoms with Crippen LogP contribution in [0.3, 0.4) is 0 Å². The molecular formula is C15H17NO2. The number of carbonyl (C=O) groups is 1. The minimum absolute atomic E-state index is 0.150. The molecule has 0 amide bonds. The van der Waals surface area contributed by atoms with Crippen LogP contribution in [0.5, 0.6) is 0 Å². The van der Waals surface area contributed by atoms with Crippen LogP contribution in [0, 0.1) is 19.8 Å². The summed E-state index contributed by atoms with van der Waals surface area (Å²) in [7, 11) is 0. The summed E-state index contributed by atoms with van der Waals surface area (Å²) < 4.78 is 0. The van der Waals surface area contributed by atoms with Gasteiger partial charge in [0.25, 0.3) is 0 Å². The molecule has 0 spiro atoms. The van der Waals surface area contributed by atoms with E-state index in [9.17, 15) is 9.90 Å². The highest BCUT2D eigenvalue weighted by molar-refractivity contribution is 5.81. The van der Waals surface area contributed by atoms with Crippen molar-refractivity contribution in [2.24, 2.45) is 5.92 Å². The molecule has 3 nitrogen and oxygen atoms in total. The average Bonchev–Trinajstić information content (AvgIpc) is 2.81. The maximum absolute atomic E-state index is 11.4. The molecule has 1 aromatic rings. The predicted octanol–water partition coefficient (Wildman–Crippen LogP) is 2.84. The third-order valence-electron chi connectivity index (χ3n) is 4.33. The fraction of sp³-hybridized carbons (Fsp3) is 0.400. The highest BCUT2D eigenvalue weighted by Gasteiger charge is 2.41. The Morgan fingerprint density at radius 3 is 2.89 bits per heavy atom. The van der Waals surface area contributed by atoms with Crippen LogP contribution >= 0.6 is 0 Å². The molecule has 2 N–H and O–H groups in total. The smallest absolute Gasteiger partial charge is 0.326 e. The summed E-state index contributed by atoms with van der Waals surface area (Å²) in [5.74, 6) is -0.348. The molecule has 0 fully saturated rings. The number of carboxylic acid groups (broad SMARTS) is 1. The van der Waals surface area contributed by atoms with Gasteiger partial charge in [-0.25, -0.2) is 4.79 Å². The molecule has 3 rings (SSSR count). The Balaban J connectivity index is 2.14. The molecule has 94 valence electrons. The summed E-state index contributed by atoms with van der Waals surface area (Å²) >= 11 is 0. The van der Waals surface area contributed by atoms with Gasteiger partial charge in [0.1, 0.15) is 6.04 Å². The van der Waals surface area contributed by atoms with E-state index in [1.54, 1.807) is 0 Å². The third-order valence-corrected chi connectivity index (χ3v) is 4.33. The van der Waals surface area contributed by atoms with Gasteiger partial charge in [-0.3, -0.25) is 0 Å². The maximum atomic E-state index is 11.4. The van der Waals surface area contributed by atoms with Crippen LogP contribution in [-0.4, -0.2) is 17.1 Å². The first-order valence-electron chi connectivity index (χ1n) is 6.35. The lowest BCUT2D eigenvalue weighted by Crippen LogP contribution is -2.42. The Bertz CT molecular complexity index is 548. The average molecular weight is 243 g/mol. The predicted molar refractivity (Wildman–Crippen MR) is 71.0 cm³/mol. The molecule has 3 atom stereocenters. The van der Waals surface area contributed by atoms with Crippen LogP contribution in [0.2, 0.25) is 0 Å². The van der Waals surface area contributed by atoms with Crippen LogP contribution in [-0.2, 0) is 4.79 Å². The van der Waals surface area contributed by atoms with E-state index in [1.165, 1.54) is 11.1 Å².